The van der Waals surface area contributed by atoms with E-state index < -0.39 is 20.0 Å². The molecule has 0 aliphatic rings. The van der Waals surface area contributed by atoms with Gasteiger partial charge in [0.25, 0.3) is 7.82 Å². The molecule has 0 aromatic carbocycles. The zero-order chi connectivity index (χ0) is 54.9. The smallest absolute Gasteiger partial charge is 0.268 e. The molecule has 9 heteroatoms. The lowest BCUT2D eigenvalue weighted by molar-refractivity contribution is -0.870. The maximum atomic E-state index is 13.0. The molecule has 1 amide bonds. The Bertz CT molecular complexity index is 1230. The number of rotatable bonds is 63. The first-order chi connectivity index (χ1) is 36.5. The van der Waals surface area contributed by atoms with E-state index in [1.165, 1.54) is 295 Å². The molecule has 0 rings (SSSR count). The van der Waals surface area contributed by atoms with Gasteiger partial charge in [-0.25, -0.2) is 0 Å². The fraction of sp³-hybridized carbons (Fsp3) is 0.955. The fourth-order valence-corrected chi connectivity index (χ4v) is 11.2. The number of likely N-dealkylation sites (N-methyl/N-ethyl adjacent to an activating group) is 1. The van der Waals surface area contributed by atoms with Gasteiger partial charge in [-0.15, -0.1) is 0 Å². The molecule has 3 atom stereocenters. The molecule has 8 nitrogen and oxygen atoms in total. The third-order valence-corrected chi connectivity index (χ3v) is 16.7. The highest BCUT2D eigenvalue weighted by atomic mass is 31.2. The summed E-state index contributed by atoms with van der Waals surface area (Å²) in [5, 5.41) is 13.9. The second kappa shape index (κ2) is 57.9. The fourth-order valence-electron chi connectivity index (χ4n) is 10.5. The van der Waals surface area contributed by atoms with Crippen molar-refractivity contribution in [3.63, 3.8) is 0 Å². The van der Waals surface area contributed by atoms with Crippen molar-refractivity contribution in [3.8, 4) is 0 Å². The third kappa shape index (κ3) is 60.7. The summed E-state index contributed by atoms with van der Waals surface area (Å²) in [4.78, 5) is 25.5. The number of hydrogen-bond donors (Lipinski definition) is 2. The molecule has 0 heterocycles. The topological polar surface area (TPSA) is 108 Å². The van der Waals surface area contributed by atoms with Crippen molar-refractivity contribution in [1.29, 1.82) is 0 Å². The number of aliphatic hydroxyl groups is 1. The zero-order valence-corrected chi connectivity index (χ0v) is 52.2. The highest BCUT2D eigenvalue weighted by molar-refractivity contribution is 7.45. The number of carbonyl (C=O) groups excluding carboxylic acids is 1. The summed E-state index contributed by atoms with van der Waals surface area (Å²) >= 11 is 0. The van der Waals surface area contributed by atoms with E-state index in [2.05, 4.69) is 19.2 Å². The molecule has 0 aliphatic heterocycles. The second-order valence-electron chi connectivity index (χ2n) is 24.5. The Labute approximate surface area is 469 Å². The van der Waals surface area contributed by atoms with Crippen LogP contribution in [0.25, 0.3) is 0 Å². The third-order valence-electron chi connectivity index (χ3n) is 15.7. The normalized spacial score (nSPS) is 13.7. The largest absolute Gasteiger partial charge is 0.756 e. The Morgan fingerprint density at radius 2 is 0.720 bits per heavy atom. The molecule has 0 radical (unpaired) electrons. The monoisotopic (exact) mass is 1080 g/mol. The molecular weight excluding hydrogens is 948 g/mol. The average Bonchev–Trinajstić information content (AvgIpc) is 3.37. The van der Waals surface area contributed by atoms with Crippen LogP contribution in [0, 0.1) is 0 Å². The van der Waals surface area contributed by atoms with Gasteiger partial charge in [0.2, 0.25) is 5.91 Å². The van der Waals surface area contributed by atoms with Crippen molar-refractivity contribution in [3.05, 3.63) is 12.2 Å². The number of aliphatic hydroxyl groups excluding tert-OH is 1. The molecule has 0 spiro atoms. The molecular formula is C66H133N2O6P. The number of allylic oxidation sites excluding steroid dienone is 1. The molecule has 0 saturated heterocycles. The van der Waals surface area contributed by atoms with Crippen molar-refractivity contribution in [1.82, 2.24) is 5.32 Å². The second-order valence-corrected chi connectivity index (χ2v) is 26.0. The molecule has 0 aliphatic carbocycles. The van der Waals surface area contributed by atoms with Crippen molar-refractivity contribution in [2.75, 3.05) is 40.9 Å². The highest BCUT2D eigenvalue weighted by Crippen LogP contribution is 2.38. The summed E-state index contributed by atoms with van der Waals surface area (Å²) in [5.74, 6) is -0.189. The van der Waals surface area contributed by atoms with Gasteiger partial charge in [-0.05, 0) is 19.3 Å². The minimum Gasteiger partial charge on any atom is -0.756 e. The van der Waals surface area contributed by atoms with E-state index in [0.717, 1.165) is 38.5 Å². The van der Waals surface area contributed by atoms with Gasteiger partial charge in [0.1, 0.15) is 13.2 Å². The van der Waals surface area contributed by atoms with Crippen LogP contribution in [0.2, 0.25) is 0 Å². The van der Waals surface area contributed by atoms with Crippen LogP contribution in [-0.2, 0) is 18.4 Å². The Kier molecular flexibility index (Phi) is 57.3. The van der Waals surface area contributed by atoms with Crippen molar-refractivity contribution >= 4 is 13.7 Å². The SMILES string of the molecule is CCCCCCCCCCCCCCCCC/C=C/C(O)C(COP(=O)([O-])OCC[N+](C)(C)C)NC(=O)CCCCCCCCCCCCCCCCCCCCCCCCCCCCCCCCCCCCCC. The maximum Gasteiger partial charge on any atom is 0.268 e. The summed E-state index contributed by atoms with van der Waals surface area (Å²) < 4.78 is 23.4. The van der Waals surface area contributed by atoms with E-state index in [9.17, 15) is 19.4 Å². The number of hydrogen-bond acceptors (Lipinski definition) is 6. The van der Waals surface area contributed by atoms with Gasteiger partial charge in [0, 0.05) is 6.42 Å². The maximum absolute atomic E-state index is 13.0. The van der Waals surface area contributed by atoms with Gasteiger partial charge in [-0.3, -0.25) is 9.36 Å². The number of phosphoric ester groups is 1. The van der Waals surface area contributed by atoms with E-state index in [1.54, 1.807) is 6.08 Å². The van der Waals surface area contributed by atoms with E-state index in [4.69, 9.17) is 9.05 Å². The quantitative estimate of drug-likeness (QED) is 0.0272. The summed E-state index contributed by atoms with van der Waals surface area (Å²) in [7, 11) is 1.28. The molecule has 0 aromatic heterocycles. The molecule has 0 saturated carbocycles. The summed E-state index contributed by atoms with van der Waals surface area (Å²) in [6.45, 7) is 4.71. The van der Waals surface area contributed by atoms with E-state index in [0.29, 0.717) is 17.4 Å². The predicted molar refractivity (Wildman–Crippen MR) is 326 cm³/mol. The van der Waals surface area contributed by atoms with Gasteiger partial charge < -0.3 is 28.8 Å². The van der Waals surface area contributed by atoms with Gasteiger partial charge >= 0.3 is 0 Å². The number of quaternary nitrogens is 1. The number of nitrogens with one attached hydrogen (secondary N) is 1. The lowest BCUT2D eigenvalue weighted by atomic mass is 10.0. The van der Waals surface area contributed by atoms with Crippen LogP contribution < -0.4 is 10.2 Å². The zero-order valence-electron chi connectivity index (χ0n) is 51.3. The minimum atomic E-state index is -4.59. The Morgan fingerprint density at radius 1 is 0.453 bits per heavy atom. The summed E-state index contributed by atoms with van der Waals surface area (Å²) in [6.07, 6.45) is 73.4. The molecule has 2 N–H and O–H groups in total. The first-order valence-corrected chi connectivity index (χ1v) is 35.0. The minimum absolute atomic E-state index is 0.00275. The van der Waals surface area contributed by atoms with E-state index in [-0.39, 0.29) is 19.1 Å². The molecule has 75 heavy (non-hydrogen) atoms. The van der Waals surface area contributed by atoms with Crippen LogP contribution in [0.5, 0.6) is 0 Å². The number of carbonyl (C=O) groups is 1. The molecule has 0 aromatic rings. The Balaban J connectivity index is 3.92. The van der Waals surface area contributed by atoms with Crippen LogP contribution >= 0.6 is 7.82 Å². The van der Waals surface area contributed by atoms with Crippen LogP contribution in [0.15, 0.2) is 12.2 Å². The molecule has 0 fully saturated rings. The van der Waals surface area contributed by atoms with Gasteiger partial charge in [0.05, 0.1) is 39.9 Å². The van der Waals surface area contributed by atoms with Gasteiger partial charge in [-0.1, -0.05) is 341 Å². The van der Waals surface area contributed by atoms with Gasteiger partial charge in [-0.2, -0.15) is 0 Å². The number of phosphoric acid groups is 1. The first kappa shape index (κ1) is 74.2. The Hall–Kier alpha value is -0.760. The Morgan fingerprint density at radius 3 is 1.00 bits per heavy atom. The molecule has 0 bridgehead atoms. The highest BCUT2D eigenvalue weighted by Gasteiger charge is 2.23. The van der Waals surface area contributed by atoms with E-state index in [1.807, 2.05) is 27.2 Å². The predicted octanol–water partition coefficient (Wildman–Crippen LogP) is 20.3. The van der Waals surface area contributed by atoms with Crippen LogP contribution in [0.1, 0.15) is 354 Å². The van der Waals surface area contributed by atoms with Crippen LogP contribution in [0.3, 0.4) is 0 Å². The summed E-state index contributed by atoms with van der Waals surface area (Å²) in [5.41, 5.74) is 0. The lowest BCUT2D eigenvalue weighted by Crippen LogP contribution is -2.45. The van der Waals surface area contributed by atoms with Crippen molar-refractivity contribution in [2.45, 2.75) is 366 Å². The number of nitrogens with zero attached hydrogens (tertiary/aromatic N) is 1. The first-order valence-electron chi connectivity index (χ1n) is 33.6. The number of amides is 1. The average molecular weight is 1080 g/mol. The number of unbranched alkanes of at least 4 members (excludes halogenated alkanes) is 50. The standard InChI is InChI=1S/C66H133N2O6P/c1-6-8-10-12-14-16-18-20-22-24-25-26-27-28-29-30-31-32-33-34-35-36-37-38-39-40-41-42-44-46-48-50-52-54-56-58-60-66(70)67-64(63-74-75(71,72)73-62-61-68(3,4)5)65(69)59-57-55-53-51-49-47-45-43-23-21-19-17-15-13-11-9-7-2/h57,59,64-65,69H,6-56,58,60-63H2,1-5H3,(H-,67,70,71,72)/b59-57+. The van der Waals surface area contributed by atoms with Gasteiger partial charge in [0.15, 0.2) is 0 Å². The molecule has 448 valence electrons. The molecule has 3 unspecified atom stereocenters. The van der Waals surface area contributed by atoms with Crippen LogP contribution in [0.4, 0.5) is 0 Å². The van der Waals surface area contributed by atoms with E-state index >= 15 is 0 Å². The van der Waals surface area contributed by atoms with Crippen molar-refractivity contribution < 1.29 is 32.9 Å². The van der Waals surface area contributed by atoms with Crippen LogP contribution in [-0.4, -0.2) is 68.5 Å². The summed E-state index contributed by atoms with van der Waals surface area (Å²) in [6, 6.07) is -0.882. The lowest BCUT2D eigenvalue weighted by Gasteiger charge is -2.29. The van der Waals surface area contributed by atoms with Crippen molar-refractivity contribution in [2.24, 2.45) is 0 Å².